The Morgan fingerprint density at radius 3 is 1.64 bits per heavy atom. The molecule has 0 N–H and O–H groups in total. The summed E-state index contributed by atoms with van der Waals surface area (Å²) < 4.78 is 0. The average molecular weight is 677 g/mol. The van der Waals surface area contributed by atoms with E-state index < -0.39 is 0 Å². The molecule has 53 heavy (non-hydrogen) atoms. The van der Waals surface area contributed by atoms with Crippen molar-refractivity contribution in [3.05, 3.63) is 193 Å². The number of nitrogens with zero attached hydrogens (tertiary/aromatic N) is 2. The van der Waals surface area contributed by atoms with E-state index in [1.54, 1.807) is 0 Å². The molecule has 1 aromatic heterocycles. The SMILES string of the molecule is CC1(C)c2ccccc2-c2cc(-c3ccc4ccccc4c3)c(-c3ccc(-c4nc(-c5ccccc5)cc(-c5ccccc5)n4)c4ccccc34)cc21. The van der Waals surface area contributed by atoms with E-state index in [4.69, 9.17) is 9.97 Å². The van der Waals surface area contributed by atoms with Crippen LogP contribution in [0.1, 0.15) is 25.0 Å². The smallest absolute Gasteiger partial charge is 0.161 e. The fourth-order valence-corrected chi connectivity index (χ4v) is 8.38. The highest BCUT2D eigenvalue weighted by molar-refractivity contribution is 6.08. The van der Waals surface area contributed by atoms with Crippen molar-refractivity contribution in [2.45, 2.75) is 19.3 Å². The van der Waals surface area contributed by atoms with Crippen LogP contribution in [0.15, 0.2) is 182 Å². The van der Waals surface area contributed by atoms with Crippen molar-refractivity contribution in [1.29, 1.82) is 0 Å². The van der Waals surface area contributed by atoms with Gasteiger partial charge < -0.3 is 0 Å². The van der Waals surface area contributed by atoms with Gasteiger partial charge in [0.25, 0.3) is 0 Å². The zero-order chi connectivity index (χ0) is 35.5. The lowest BCUT2D eigenvalue weighted by Crippen LogP contribution is -2.15. The molecule has 8 aromatic carbocycles. The summed E-state index contributed by atoms with van der Waals surface area (Å²) in [6.07, 6.45) is 0. The molecule has 0 aliphatic heterocycles. The standard InChI is InChI=1S/C51H36N2/c1-51(2)46-24-14-13-23-41(46)45-30-43(37-26-25-33-15-9-10-20-36(33)29-37)44(31-47(45)51)40-27-28-42(39-22-12-11-21-38(39)40)50-52-48(34-16-5-3-6-17-34)32-49(53-50)35-18-7-4-8-19-35/h3-32H,1-2H3. The summed E-state index contributed by atoms with van der Waals surface area (Å²) >= 11 is 0. The van der Waals surface area contributed by atoms with E-state index in [0.29, 0.717) is 5.82 Å². The van der Waals surface area contributed by atoms with Crippen LogP contribution in [0, 0.1) is 0 Å². The third kappa shape index (κ3) is 5.18. The zero-order valence-corrected chi connectivity index (χ0v) is 29.7. The van der Waals surface area contributed by atoms with Crippen LogP contribution in [0.5, 0.6) is 0 Å². The van der Waals surface area contributed by atoms with Gasteiger partial charge in [0.05, 0.1) is 11.4 Å². The van der Waals surface area contributed by atoms with Gasteiger partial charge in [0.15, 0.2) is 5.82 Å². The fourth-order valence-electron chi connectivity index (χ4n) is 8.38. The third-order valence-corrected chi connectivity index (χ3v) is 11.1. The molecule has 1 heterocycles. The Morgan fingerprint density at radius 2 is 0.925 bits per heavy atom. The van der Waals surface area contributed by atoms with E-state index >= 15 is 0 Å². The average Bonchev–Trinajstić information content (AvgIpc) is 3.45. The molecule has 0 fully saturated rings. The Balaban J connectivity index is 1.22. The second-order valence-corrected chi connectivity index (χ2v) is 14.6. The van der Waals surface area contributed by atoms with Crippen molar-refractivity contribution >= 4 is 21.5 Å². The largest absolute Gasteiger partial charge is 0.228 e. The van der Waals surface area contributed by atoms with Crippen LogP contribution in [-0.2, 0) is 5.41 Å². The predicted molar refractivity (Wildman–Crippen MR) is 222 cm³/mol. The number of aromatic nitrogens is 2. The number of rotatable bonds is 5. The summed E-state index contributed by atoms with van der Waals surface area (Å²) in [5.74, 6) is 0.716. The van der Waals surface area contributed by atoms with Crippen LogP contribution >= 0.6 is 0 Å². The molecule has 2 heteroatoms. The van der Waals surface area contributed by atoms with Crippen LogP contribution in [0.2, 0.25) is 0 Å². The van der Waals surface area contributed by atoms with Gasteiger partial charge >= 0.3 is 0 Å². The number of hydrogen-bond acceptors (Lipinski definition) is 2. The zero-order valence-electron chi connectivity index (χ0n) is 29.7. The van der Waals surface area contributed by atoms with Crippen molar-refractivity contribution in [3.8, 4) is 67.3 Å². The molecule has 0 bridgehead atoms. The minimum Gasteiger partial charge on any atom is -0.228 e. The summed E-state index contributed by atoms with van der Waals surface area (Å²) in [7, 11) is 0. The van der Waals surface area contributed by atoms with Gasteiger partial charge in [-0.2, -0.15) is 0 Å². The fraction of sp³-hybridized carbons (Fsp3) is 0.0588. The Hall–Kier alpha value is -6.64. The van der Waals surface area contributed by atoms with Crippen molar-refractivity contribution in [3.63, 3.8) is 0 Å². The first-order valence-corrected chi connectivity index (χ1v) is 18.3. The molecule has 1 aliphatic carbocycles. The Bertz CT molecular complexity index is 2790. The highest BCUT2D eigenvalue weighted by Gasteiger charge is 2.36. The number of fused-ring (bicyclic) bond motifs is 5. The summed E-state index contributed by atoms with van der Waals surface area (Å²) in [6.45, 7) is 4.72. The van der Waals surface area contributed by atoms with Gasteiger partial charge in [0, 0.05) is 22.1 Å². The second-order valence-electron chi connectivity index (χ2n) is 14.6. The maximum Gasteiger partial charge on any atom is 0.161 e. The monoisotopic (exact) mass is 676 g/mol. The van der Waals surface area contributed by atoms with Gasteiger partial charge in [-0.3, -0.25) is 0 Å². The van der Waals surface area contributed by atoms with Crippen LogP contribution in [0.3, 0.4) is 0 Å². The van der Waals surface area contributed by atoms with Crippen LogP contribution in [0.25, 0.3) is 88.8 Å². The first-order valence-electron chi connectivity index (χ1n) is 18.3. The maximum atomic E-state index is 5.22. The number of hydrogen-bond donors (Lipinski definition) is 0. The van der Waals surface area contributed by atoms with Crippen LogP contribution in [-0.4, -0.2) is 9.97 Å². The number of benzene rings is 8. The topological polar surface area (TPSA) is 25.8 Å². The second kappa shape index (κ2) is 12.3. The van der Waals surface area contributed by atoms with E-state index in [-0.39, 0.29) is 5.41 Å². The Labute approximate surface area is 310 Å². The van der Waals surface area contributed by atoms with E-state index in [9.17, 15) is 0 Å². The molecule has 250 valence electrons. The summed E-state index contributed by atoms with van der Waals surface area (Å²) in [4.78, 5) is 10.4. The van der Waals surface area contributed by atoms with Crippen molar-refractivity contribution in [1.82, 2.24) is 9.97 Å². The molecule has 9 aromatic rings. The summed E-state index contributed by atoms with van der Waals surface area (Å²) in [5.41, 5.74) is 15.1. The molecule has 1 aliphatic rings. The van der Waals surface area contributed by atoms with E-state index in [1.807, 2.05) is 12.1 Å². The van der Waals surface area contributed by atoms with Crippen molar-refractivity contribution in [2.24, 2.45) is 0 Å². The van der Waals surface area contributed by atoms with Gasteiger partial charge in [-0.25, -0.2) is 9.97 Å². The Kier molecular flexibility index (Phi) is 7.19. The van der Waals surface area contributed by atoms with Gasteiger partial charge in [-0.15, -0.1) is 0 Å². The van der Waals surface area contributed by atoms with E-state index in [2.05, 4.69) is 184 Å². The molecule has 2 nitrogen and oxygen atoms in total. The minimum atomic E-state index is -0.127. The third-order valence-electron chi connectivity index (χ3n) is 11.1. The van der Waals surface area contributed by atoms with Crippen LogP contribution < -0.4 is 0 Å². The van der Waals surface area contributed by atoms with Crippen molar-refractivity contribution in [2.75, 3.05) is 0 Å². The molecule has 0 unspecified atom stereocenters. The van der Waals surface area contributed by atoms with E-state index in [0.717, 1.165) is 33.5 Å². The predicted octanol–water partition coefficient (Wildman–Crippen LogP) is 13.4. The first-order chi connectivity index (χ1) is 26.0. The molecule has 10 rings (SSSR count). The minimum absolute atomic E-state index is 0.127. The molecule has 0 spiro atoms. The maximum absolute atomic E-state index is 5.22. The highest BCUT2D eigenvalue weighted by atomic mass is 14.9. The molecule has 0 amide bonds. The van der Waals surface area contributed by atoms with Gasteiger partial charge in [0.1, 0.15) is 0 Å². The molecule has 0 saturated heterocycles. The van der Waals surface area contributed by atoms with Gasteiger partial charge in [-0.05, 0) is 96.4 Å². The van der Waals surface area contributed by atoms with Gasteiger partial charge in [-0.1, -0.05) is 166 Å². The quantitative estimate of drug-likeness (QED) is 0.181. The Morgan fingerprint density at radius 1 is 0.340 bits per heavy atom. The lowest BCUT2D eigenvalue weighted by atomic mass is 9.79. The lowest BCUT2D eigenvalue weighted by Gasteiger charge is -2.24. The van der Waals surface area contributed by atoms with E-state index in [1.165, 1.54) is 60.7 Å². The van der Waals surface area contributed by atoms with Crippen molar-refractivity contribution < 1.29 is 0 Å². The van der Waals surface area contributed by atoms with Gasteiger partial charge in [0.2, 0.25) is 0 Å². The lowest BCUT2D eigenvalue weighted by molar-refractivity contribution is 0.660. The summed E-state index contributed by atoms with van der Waals surface area (Å²) in [6, 6.07) is 65.5. The molecule has 0 atom stereocenters. The summed E-state index contributed by atoms with van der Waals surface area (Å²) in [5, 5.41) is 4.78. The highest BCUT2D eigenvalue weighted by Crippen LogP contribution is 2.52. The normalized spacial score (nSPS) is 12.9. The molecule has 0 saturated carbocycles. The first kappa shape index (κ1) is 31.1. The van der Waals surface area contributed by atoms with Crippen LogP contribution in [0.4, 0.5) is 0 Å². The molecule has 0 radical (unpaired) electrons. The molecular formula is C51H36N2. The molecular weight excluding hydrogens is 641 g/mol.